The quantitative estimate of drug-likeness (QED) is 0.336. The SMILES string of the molecule is NC(=NO)C(CN1CCCOCC1)C(F)(F)F. The molecule has 17 heavy (non-hydrogen) atoms. The highest BCUT2D eigenvalue weighted by Gasteiger charge is 2.43. The zero-order valence-electron chi connectivity index (χ0n) is 9.28. The van der Waals surface area contributed by atoms with E-state index < -0.39 is 17.9 Å². The van der Waals surface area contributed by atoms with Gasteiger partial charge in [-0.1, -0.05) is 5.16 Å². The summed E-state index contributed by atoms with van der Waals surface area (Å²) >= 11 is 0. The number of alkyl halides is 3. The molecular weight excluding hydrogens is 239 g/mol. The second-order valence-corrected chi connectivity index (χ2v) is 3.89. The van der Waals surface area contributed by atoms with Gasteiger partial charge in [0, 0.05) is 26.2 Å². The number of hydrogen-bond donors (Lipinski definition) is 2. The Bertz CT molecular complexity index is 263. The number of oxime groups is 1. The summed E-state index contributed by atoms with van der Waals surface area (Å²) in [6, 6.07) is 0. The molecule has 0 radical (unpaired) electrons. The number of amidine groups is 1. The fourth-order valence-electron chi connectivity index (χ4n) is 1.67. The van der Waals surface area contributed by atoms with Gasteiger partial charge in [0.25, 0.3) is 0 Å². The molecule has 0 bridgehead atoms. The third-order valence-electron chi connectivity index (χ3n) is 2.62. The van der Waals surface area contributed by atoms with Crippen molar-refractivity contribution >= 4 is 5.84 Å². The second kappa shape index (κ2) is 6.06. The highest BCUT2D eigenvalue weighted by Crippen LogP contribution is 2.27. The Hall–Kier alpha value is -1.02. The highest BCUT2D eigenvalue weighted by molar-refractivity contribution is 5.83. The molecule has 0 amide bonds. The number of nitrogens with two attached hydrogens (primary N) is 1. The minimum atomic E-state index is -4.51. The summed E-state index contributed by atoms with van der Waals surface area (Å²) < 4.78 is 43.2. The molecule has 0 aromatic carbocycles. The molecule has 0 aromatic rings. The summed E-state index contributed by atoms with van der Waals surface area (Å²) in [6.45, 7) is 1.59. The van der Waals surface area contributed by atoms with E-state index in [2.05, 4.69) is 5.16 Å². The molecule has 0 aromatic heterocycles. The van der Waals surface area contributed by atoms with E-state index in [0.717, 1.165) is 0 Å². The fraction of sp³-hybridized carbons (Fsp3) is 0.889. The van der Waals surface area contributed by atoms with E-state index in [1.165, 1.54) is 0 Å². The third kappa shape index (κ3) is 4.39. The van der Waals surface area contributed by atoms with E-state index in [0.29, 0.717) is 32.7 Å². The van der Waals surface area contributed by atoms with Gasteiger partial charge in [0.1, 0.15) is 5.92 Å². The number of ether oxygens (including phenoxy) is 1. The maximum atomic E-state index is 12.7. The van der Waals surface area contributed by atoms with Gasteiger partial charge in [-0.2, -0.15) is 13.2 Å². The van der Waals surface area contributed by atoms with Gasteiger partial charge in [-0.05, 0) is 6.42 Å². The average molecular weight is 255 g/mol. The molecule has 0 aliphatic carbocycles. The molecule has 5 nitrogen and oxygen atoms in total. The molecule has 1 atom stereocenters. The molecule has 0 saturated carbocycles. The third-order valence-corrected chi connectivity index (χ3v) is 2.62. The predicted molar refractivity (Wildman–Crippen MR) is 54.8 cm³/mol. The van der Waals surface area contributed by atoms with Crippen molar-refractivity contribution in [3.05, 3.63) is 0 Å². The van der Waals surface area contributed by atoms with Crippen LogP contribution in [0.2, 0.25) is 0 Å². The molecule has 1 fully saturated rings. The minimum Gasteiger partial charge on any atom is -0.409 e. The van der Waals surface area contributed by atoms with Gasteiger partial charge in [-0.15, -0.1) is 0 Å². The lowest BCUT2D eigenvalue weighted by atomic mass is 10.1. The monoisotopic (exact) mass is 255 g/mol. The Morgan fingerprint density at radius 2 is 2.12 bits per heavy atom. The molecule has 1 aliphatic heterocycles. The summed E-state index contributed by atoms with van der Waals surface area (Å²) in [4.78, 5) is 1.61. The van der Waals surface area contributed by atoms with Crippen LogP contribution < -0.4 is 5.73 Å². The molecule has 100 valence electrons. The van der Waals surface area contributed by atoms with Crippen LogP contribution in [0, 0.1) is 5.92 Å². The van der Waals surface area contributed by atoms with Crippen molar-refractivity contribution in [2.24, 2.45) is 16.8 Å². The van der Waals surface area contributed by atoms with Gasteiger partial charge in [-0.25, -0.2) is 0 Å². The molecule has 1 rings (SSSR count). The molecule has 1 unspecified atom stereocenters. The normalized spacial score (nSPS) is 22.2. The van der Waals surface area contributed by atoms with Crippen molar-refractivity contribution in [2.75, 3.05) is 32.8 Å². The molecule has 1 heterocycles. The largest absolute Gasteiger partial charge is 0.409 e. The number of halogens is 3. The van der Waals surface area contributed by atoms with Crippen LogP contribution in [0.5, 0.6) is 0 Å². The minimum absolute atomic E-state index is 0.303. The van der Waals surface area contributed by atoms with Crippen LogP contribution in [-0.4, -0.2) is 55.0 Å². The maximum Gasteiger partial charge on any atom is 0.400 e. The predicted octanol–water partition coefficient (Wildman–Crippen LogP) is 0.634. The highest BCUT2D eigenvalue weighted by atomic mass is 19.4. The number of rotatable bonds is 3. The van der Waals surface area contributed by atoms with Crippen molar-refractivity contribution in [1.29, 1.82) is 0 Å². The van der Waals surface area contributed by atoms with Gasteiger partial charge in [0.05, 0.1) is 6.61 Å². The van der Waals surface area contributed by atoms with Crippen LogP contribution in [0.15, 0.2) is 5.16 Å². The van der Waals surface area contributed by atoms with Crippen molar-refractivity contribution in [3.63, 3.8) is 0 Å². The Kier molecular flexibility index (Phi) is 5.01. The van der Waals surface area contributed by atoms with Gasteiger partial charge in [0.15, 0.2) is 5.84 Å². The van der Waals surface area contributed by atoms with E-state index >= 15 is 0 Å². The summed E-state index contributed by atoms with van der Waals surface area (Å²) in [7, 11) is 0. The first-order valence-corrected chi connectivity index (χ1v) is 5.29. The van der Waals surface area contributed by atoms with E-state index in [4.69, 9.17) is 15.7 Å². The van der Waals surface area contributed by atoms with Crippen molar-refractivity contribution in [1.82, 2.24) is 4.90 Å². The van der Waals surface area contributed by atoms with Crippen LogP contribution in [0.1, 0.15) is 6.42 Å². The van der Waals surface area contributed by atoms with Crippen LogP contribution in [0.3, 0.4) is 0 Å². The molecule has 0 spiro atoms. The molecule has 1 aliphatic rings. The summed E-state index contributed by atoms with van der Waals surface area (Å²) in [5, 5.41) is 10.8. The lowest BCUT2D eigenvalue weighted by Gasteiger charge is -2.26. The first-order chi connectivity index (χ1) is 7.95. The van der Waals surface area contributed by atoms with Crippen molar-refractivity contribution < 1.29 is 23.1 Å². The Morgan fingerprint density at radius 1 is 1.41 bits per heavy atom. The first kappa shape index (κ1) is 14.0. The lowest BCUT2D eigenvalue weighted by Crippen LogP contribution is -2.45. The topological polar surface area (TPSA) is 71.1 Å². The lowest BCUT2D eigenvalue weighted by molar-refractivity contribution is -0.160. The van der Waals surface area contributed by atoms with Gasteiger partial charge < -0.3 is 15.7 Å². The number of hydrogen-bond acceptors (Lipinski definition) is 4. The Balaban J connectivity index is 2.65. The zero-order chi connectivity index (χ0) is 12.9. The van der Waals surface area contributed by atoms with Crippen LogP contribution in [0.25, 0.3) is 0 Å². The zero-order valence-corrected chi connectivity index (χ0v) is 9.28. The van der Waals surface area contributed by atoms with Crippen LogP contribution >= 0.6 is 0 Å². The second-order valence-electron chi connectivity index (χ2n) is 3.89. The molecule has 1 saturated heterocycles. The van der Waals surface area contributed by atoms with Crippen molar-refractivity contribution in [2.45, 2.75) is 12.6 Å². The average Bonchev–Trinajstić information content (AvgIpc) is 2.51. The fourth-order valence-corrected chi connectivity index (χ4v) is 1.67. The maximum absolute atomic E-state index is 12.7. The van der Waals surface area contributed by atoms with E-state index in [-0.39, 0.29) is 6.54 Å². The van der Waals surface area contributed by atoms with Gasteiger partial charge in [0.2, 0.25) is 0 Å². The Labute approximate surface area is 97.0 Å². The first-order valence-electron chi connectivity index (χ1n) is 5.29. The van der Waals surface area contributed by atoms with E-state index in [9.17, 15) is 13.2 Å². The smallest absolute Gasteiger partial charge is 0.400 e. The van der Waals surface area contributed by atoms with Gasteiger partial charge >= 0.3 is 6.18 Å². The van der Waals surface area contributed by atoms with E-state index in [1.54, 1.807) is 4.90 Å². The summed E-state index contributed by atoms with van der Waals surface area (Å²) in [5.41, 5.74) is 5.08. The van der Waals surface area contributed by atoms with Crippen molar-refractivity contribution in [3.8, 4) is 0 Å². The van der Waals surface area contributed by atoms with Crippen LogP contribution in [0.4, 0.5) is 13.2 Å². The molecule has 3 N–H and O–H groups in total. The van der Waals surface area contributed by atoms with Crippen LogP contribution in [-0.2, 0) is 4.74 Å². The molecular formula is C9H16F3N3O2. The van der Waals surface area contributed by atoms with Gasteiger partial charge in [-0.3, -0.25) is 4.90 Å². The summed E-state index contributed by atoms with van der Waals surface area (Å²) in [5.74, 6) is -2.74. The number of nitrogens with zero attached hydrogens (tertiary/aromatic N) is 2. The standard InChI is InChI=1S/C9H16F3N3O2/c10-9(11,12)7(8(13)14-16)6-15-2-1-4-17-5-3-15/h7,16H,1-6H2,(H2,13,14). The summed E-state index contributed by atoms with van der Waals surface area (Å²) in [6.07, 6.45) is -3.83. The molecule has 8 heteroatoms. The Morgan fingerprint density at radius 3 is 2.71 bits per heavy atom. The van der Waals surface area contributed by atoms with E-state index in [1.807, 2.05) is 0 Å².